The van der Waals surface area contributed by atoms with Gasteiger partial charge in [-0.15, -0.1) is 12.3 Å². The van der Waals surface area contributed by atoms with Gasteiger partial charge < -0.3 is 10.6 Å². The van der Waals surface area contributed by atoms with Gasteiger partial charge in [-0.3, -0.25) is 0 Å². The molecule has 1 fully saturated rings. The third kappa shape index (κ3) is 2.84. The number of piperidine rings is 1. The fraction of sp³-hybridized carbons (Fsp3) is 0.800. The van der Waals surface area contributed by atoms with E-state index in [-0.39, 0.29) is 0 Å². The molecule has 1 rings (SSSR count). The second-order valence-electron chi connectivity index (χ2n) is 3.48. The van der Waals surface area contributed by atoms with Crippen LogP contribution in [0.5, 0.6) is 0 Å². The lowest BCUT2D eigenvalue weighted by Crippen LogP contribution is -2.46. The Morgan fingerprint density at radius 2 is 2.50 bits per heavy atom. The van der Waals surface area contributed by atoms with Crippen LogP contribution in [0.25, 0.3) is 0 Å². The molecule has 12 heavy (non-hydrogen) atoms. The Morgan fingerprint density at radius 1 is 1.67 bits per heavy atom. The zero-order valence-electron chi connectivity index (χ0n) is 7.77. The standard InChI is InChI=1S/C10H18N2/c1-3-4-6-12-10-5-7-11-8-9(10)2/h1,9-12H,4-8H2,2H3. The van der Waals surface area contributed by atoms with Crippen molar-refractivity contribution < 1.29 is 0 Å². The van der Waals surface area contributed by atoms with Gasteiger partial charge in [0.15, 0.2) is 0 Å². The minimum atomic E-state index is 0.666. The monoisotopic (exact) mass is 166 g/mol. The first kappa shape index (κ1) is 9.57. The summed E-state index contributed by atoms with van der Waals surface area (Å²) in [5.74, 6) is 3.38. The van der Waals surface area contributed by atoms with Crippen LogP contribution in [-0.2, 0) is 0 Å². The maximum Gasteiger partial charge on any atom is 0.0212 e. The number of hydrogen-bond acceptors (Lipinski definition) is 2. The zero-order chi connectivity index (χ0) is 8.81. The summed E-state index contributed by atoms with van der Waals surface area (Å²) in [6.07, 6.45) is 7.25. The van der Waals surface area contributed by atoms with E-state index in [1.807, 2.05) is 0 Å². The van der Waals surface area contributed by atoms with E-state index in [0.717, 1.165) is 32.0 Å². The Labute approximate surface area is 75.1 Å². The molecule has 2 heteroatoms. The third-order valence-electron chi connectivity index (χ3n) is 2.46. The van der Waals surface area contributed by atoms with Crippen LogP contribution in [-0.4, -0.2) is 25.7 Å². The molecule has 0 aromatic heterocycles. The summed E-state index contributed by atoms with van der Waals surface area (Å²) >= 11 is 0. The first-order valence-electron chi connectivity index (χ1n) is 4.72. The van der Waals surface area contributed by atoms with Gasteiger partial charge in [0.05, 0.1) is 0 Å². The van der Waals surface area contributed by atoms with E-state index < -0.39 is 0 Å². The molecule has 0 radical (unpaired) electrons. The first-order valence-corrected chi connectivity index (χ1v) is 4.72. The highest BCUT2D eigenvalue weighted by atomic mass is 15.0. The van der Waals surface area contributed by atoms with Gasteiger partial charge in [-0.25, -0.2) is 0 Å². The van der Waals surface area contributed by atoms with E-state index in [0.29, 0.717) is 6.04 Å². The van der Waals surface area contributed by atoms with Crippen LogP contribution in [0.3, 0.4) is 0 Å². The van der Waals surface area contributed by atoms with Gasteiger partial charge in [0.25, 0.3) is 0 Å². The molecule has 0 saturated carbocycles. The summed E-state index contributed by atoms with van der Waals surface area (Å²) in [6, 6.07) is 0.666. The Morgan fingerprint density at radius 3 is 3.17 bits per heavy atom. The smallest absolute Gasteiger partial charge is 0.0212 e. The normalized spacial score (nSPS) is 29.7. The Balaban J connectivity index is 2.16. The van der Waals surface area contributed by atoms with Crippen LogP contribution < -0.4 is 10.6 Å². The van der Waals surface area contributed by atoms with E-state index in [1.54, 1.807) is 0 Å². The zero-order valence-corrected chi connectivity index (χ0v) is 7.77. The number of hydrogen-bond donors (Lipinski definition) is 2. The van der Waals surface area contributed by atoms with Crippen molar-refractivity contribution in [1.82, 2.24) is 10.6 Å². The molecular formula is C10H18N2. The van der Waals surface area contributed by atoms with E-state index in [2.05, 4.69) is 23.5 Å². The molecule has 1 aliphatic heterocycles. The molecule has 0 aromatic rings. The summed E-state index contributed by atoms with van der Waals surface area (Å²) in [6.45, 7) is 5.51. The van der Waals surface area contributed by atoms with Crippen molar-refractivity contribution in [3.63, 3.8) is 0 Å². The van der Waals surface area contributed by atoms with Crippen LogP contribution in [0, 0.1) is 18.3 Å². The molecule has 0 aliphatic carbocycles. The van der Waals surface area contributed by atoms with Crippen LogP contribution in [0.2, 0.25) is 0 Å². The van der Waals surface area contributed by atoms with Crippen molar-refractivity contribution in [3.8, 4) is 12.3 Å². The molecule has 0 aromatic carbocycles. The molecule has 0 bridgehead atoms. The summed E-state index contributed by atoms with van der Waals surface area (Å²) in [4.78, 5) is 0. The van der Waals surface area contributed by atoms with Crippen LogP contribution in [0.15, 0.2) is 0 Å². The van der Waals surface area contributed by atoms with Gasteiger partial charge in [0.2, 0.25) is 0 Å². The molecule has 1 aliphatic rings. The van der Waals surface area contributed by atoms with Gasteiger partial charge in [-0.2, -0.15) is 0 Å². The predicted octanol–water partition coefficient (Wildman–Crippen LogP) is 0.597. The Kier molecular flexibility index (Phi) is 4.13. The maximum absolute atomic E-state index is 5.18. The van der Waals surface area contributed by atoms with Gasteiger partial charge in [0.1, 0.15) is 0 Å². The van der Waals surface area contributed by atoms with Crippen molar-refractivity contribution in [3.05, 3.63) is 0 Å². The molecule has 2 atom stereocenters. The second kappa shape index (κ2) is 5.18. The first-order chi connectivity index (χ1) is 5.84. The molecule has 2 unspecified atom stereocenters. The molecule has 1 saturated heterocycles. The lowest BCUT2D eigenvalue weighted by molar-refractivity contribution is 0.299. The molecule has 68 valence electrons. The predicted molar refractivity (Wildman–Crippen MR) is 51.9 cm³/mol. The summed E-state index contributed by atoms with van der Waals surface area (Å²) in [5.41, 5.74) is 0. The lowest BCUT2D eigenvalue weighted by atomic mass is 9.95. The fourth-order valence-electron chi connectivity index (χ4n) is 1.65. The van der Waals surface area contributed by atoms with Crippen LogP contribution >= 0.6 is 0 Å². The summed E-state index contributed by atoms with van der Waals surface area (Å²) < 4.78 is 0. The summed E-state index contributed by atoms with van der Waals surface area (Å²) in [5, 5.41) is 6.86. The Bertz CT molecular complexity index is 160. The molecule has 2 N–H and O–H groups in total. The molecule has 1 heterocycles. The van der Waals surface area contributed by atoms with Crippen molar-refractivity contribution in [2.75, 3.05) is 19.6 Å². The minimum absolute atomic E-state index is 0.666. The largest absolute Gasteiger partial charge is 0.316 e. The average Bonchev–Trinajstić information content (AvgIpc) is 2.09. The molecule has 0 spiro atoms. The molecule has 0 amide bonds. The second-order valence-corrected chi connectivity index (χ2v) is 3.48. The fourth-order valence-corrected chi connectivity index (χ4v) is 1.65. The summed E-state index contributed by atoms with van der Waals surface area (Å²) in [7, 11) is 0. The molecular weight excluding hydrogens is 148 g/mol. The van der Waals surface area contributed by atoms with E-state index >= 15 is 0 Å². The van der Waals surface area contributed by atoms with Gasteiger partial charge in [-0.1, -0.05) is 6.92 Å². The third-order valence-corrected chi connectivity index (χ3v) is 2.46. The quantitative estimate of drug-likeness (QED) is 0.474. The van der Waals surface area contributed by atoms with E-state index in [1.165, 1.54) is 6.42 Å². The van der Waals surface area contributed by atoms with Gasteiger partial charge in [0, 0.05) is 19.0 Å². The van der Waals surface area contributed by atoms with Gasteiger partial charge in [-0.05, 0) is 25.4 Å². The van der Waals surface area contributed by atoms with Crippen molar-refractivity contribution in [1.29, 1.82) is 0 Å². The number of nitrogens with one attached hydrogen (secondary N) is 2. The highest BCUT2D eigenvalue weighted by molar-refractivity contribution is 4.86. The number of rotatable bonds is 3. The highest BCUT2D eigenvalue weighted by Crippen LogP contribution is 2.09. The molecule has 2 nitrogen and oxygen atoms in total. The van der Waals surface area contributed by atoms with Crippen molar-refractivity contribution in [2.24, 2.45) is 5.92 Å². The van der Waals surface area contributed by atoms with Crippen LogP contribution in [0.1, 0.15) is 19.8 Å². The lowest BCUT2D eigenvalue weighted by Gasteiger charge is -2.30. The minimum Gasteiger partial charge on any atom is -0.316 e. The topological polar surface area (TPSA) is 24.1 Å². The van der Waals surface area contributed by atoms with Crippen LogP contribution in [0.4, 0.5) is 0 Å². The van der Waals surface area contributed by atoms with Crippen molar-refractivity contribution >= 4 is 0 Å². The van der Waals surface area contributed by atoms with Crippen molar-refractivity contribution in [2.45, 2.75) is 25.8 Å². The SMILES string of the molecule is C#CCCNC1CCNCC1C. The van der Waals surface area contributed by atoms with Gasteiger partial charge >= 0.3 is 0 Å². The highest BCUT2D eigenvalue weighted by Gasteiger charge is 2.19. The average molecular weight is 166 g/mol. The number of terminal acetylenes is 1. The van der Waals surface area contributed by atoms with E-state index in [4.69, 9.17) is 6.42 Å². The maximum atomic E-state index is 5.18. The Hall–Kier alpha value is -0.520. The van der Waals surface area contributed by atoms with E-state index in [9.17, 15) is 0 Å².